The van der Waals surface area contributed by atoms with Crippen molar-refractivity contribution in [3.8, 4) is 17.5 Å². The maximum atomic E-state index is 12.4. The molecule has 3 aromatic rings. The van der Waals surface area contributed by atoms with Crippen LogP contribution in [0.25, 0.3) is 11.4 Å². The molecule has 0 bridgehead atoms. The van der Waals surface area contributed by atoms with Crippen molar-refractivity contribution >= 4 is 23.4 Å². The van der Waals surface area contributed by atoms with Crippen molar-refractivity contribution in [1.82, 2.24) is 15.2 Å². The smallest absolute Gasteiger partial charge is 0.237 e. The van der Waals surface area contributed by atoms with Gasteiger partial charge in [-0.25, -0.2) is 4.98 Å². The van der Waals surface area contributed by atoms with E-state index in [4.69, 9.17) is 5.26 Å². The average molecular weight is 349 g/mol. The number of hydrogen-bond acceptors (Lipinski definition) is 5. The zero-order valence-corrected chi connectivity index (χ0v) is 14.2. The minimum absolute atomic E-state index is 0.209. The second-order valence-corrected chi connectivity index (χ2v) is 6.55. The highest BCUT2D eigenvalue weighted by Gasteiger charge is 2.18. The summed E-state index contributed by atoms with van der Waals surface area (Å²) in [5.41, 5.74) is 1.86. The Morgan fingerprint density at radius 1 is 1.20 bits per heavy atom. The molecule has 6 nitrogen and oxygen atoms in total. The van der Waals surface area contributed by atoms with E-state index in [9.17, 15) is 4.79 Å². The molecule has 0 radical (unpaired) electrons. The molecule has 0 fully saturated rings. The first-order valence-electron chi connectivity index (χ1n) is 7.62. The number of nitrogens with zero attached hydrogens (tertiary/aromatic N) is 3. The molecule has 0 aliphatic rings. The van der Waals surface area contributed by atoms with Crippen LogP contribution in [0.2, 0.25) is 0 Å². The van der Waals surface area contributed by atoms with Gasteiger partial charge in [0.05, 0.1) is 16.5 Å². The summed E-state index contributed by atoms with van der Waals surface area (Å²) >= 11 is 1.25. The standard InChI is InChI=1S/C18H15N5OS/c1-12(17(24)20-15-10-6-5-9-14(15)11-19)25-18-21-16(22-23-18)13-7-3-2-4-8-13/h2-10,12H,1H3,(H,20,24)(H,21,22,23). The summed E-state index contributed by atoms with van der Waals surface area (Å²) in [5.74, 6) is 0.448. The third kappa shape index (κ3) is 4.05. The van der Waals surface area contributed by atoms with Gasteiger partial charge in [-0.1, -0.05) is 54.2 Å². The molecule has 2 N–H and O–H groups in total. The van der Waals surface area contributed by atoms with Crippen LogP contribution in [0.4, 0.5) is 5.69 Å². The molecule has 25 heavy (non-hydrogen) atoms. The number of benzene rings is 2. The molecule has 0 aliphatic heterocycles. The minimum Gasteiger partial charge on any atom is -0.324 e. The zero-order chi connectivity index (χ0) is 17.6. The Morgan fingerprint density at radius 3 is 2.68 bits per heavy atom. The number of carbonyl (C=O) groups excluding carboxylic acids is 1. The van der Waals surface area contributed by atoms with Gasteiger partial charge < -0.3 is 5.32 Å². The van der Waals surface area contributed by atoms with Crippen LogP contribution in [0, 0.1) is 11.3 Å². The van der Waals surface area contributed by atoms with Gasteiger partial charge in [0.25, 0.3) is 0 Å². The van der Waals surface area contributed by atoms with Crippen LogP contribution < -0.4 is 5.32 Å². The number of carbonyl (C=O) groups is 1. The number of para-hydroxylation sites is 1. The fourth-order valence-electron chi connectivity index (χ4n) is 2.16. The summed E-state index contributed by atoms with van der Waals surface area (Å²) < 4.78 is 0. The largest absolute Gasteiger partial charge is 0.324 e. The first kappa shape index (κ1) is 16.7. The lowest BCUT2D eigenvalue weighted by molar-refractivity contribution is -0.115. The van der Waals surface area contributed by atoms with Crippen LogP contribution in [-0.4, -0.2) is 26.3 Å². The Labute approximate surface area is 149 Å². The van der Waals surface area contributed by atoms with E-state index >= 15 is 0 Å². The molecule has 3 rings (SSSR count). The number of thioether (sulfide) groups is 1. The van der Waals surface area contributed by atoms with Gasteiger partial charge in [-0.3, -0.25) is 9.89 Å². The zero-order valence-electron chi connectivity index (χ0n) is 13.4. The second kappa shape index (κ2) is 7.64. The van der Waals surface area contributed by atoms with Crippen molar-refractivity contribution < 1.29 is 4.79 Å². The van der Waals surface area contributed by atoms with Gasteiger partial charge in [0.15, 0.2) is 5.82 Å². The fraction of sp³-hybridized carbons (Fsp3) is 0.111. The van der Waals surface area contributed by atoms with E-state index in [1.54, 1.807) is 31.2 Å². The van der Waals surface area contributed by atoms with Gasteiger partial charge in [-0.2, -0.15) is 5.26 Å². The molecule has 1 aromatic heterocycles. The number of hydrogen-bond donors (Lipinski definition) is 2. The van der Waals surface area contributed by atoms with Crippen LogP contribution in [0.15, 0.2) is 59.8 Å². The van der Waals surface area contributed by atoms with Crippen LogP contribution in [0.5, 0.6) is 0 Å². The van der Waals surface area contributed by atoms with E-state index in [-0.39, 0.29) is 5.91 Å². The number of amides is 1. The highest BCUT2D eigenvalue weighted by Crippen LogP contribution is 2.24. The van der Waals surface area contributed by atoms with Crippen LogP contribution in [-0.2, 0) is 4.79 Å². The van der Waals surface area contributed by atoms with Crippen LogP contribution in [0.1, 0.15) is 12.5 Å². The molecule has 1 heterocycles. The van der Waals surface area contributed by atoms with E-state index in [2.05, 4.69) is 26.6 Å². The Morgan fingerprint density at radius 2 is 1.92 bits per heavy atom. The van der Waals surface area contributed by atoms with E-state index in [0.29, 0.717) is 22.2 Å². The summed E-state index contributed by atoms with van der Waals surface area (Å²) in [5, 5.41) is 19.0. The molecule has 124 valence electrons. The fourth-order valence-corrected chi connectivity index (χ4v) is 2.88. The van der Waals surface area contributed by atoms with E-state index in [0.717, 1.165) is 5.56 Å². The van der Waals surface area contributed by atoms with Crippen LogP contribution >= 0.6 is 11.8 Å². The normalized spacial score (nSPS) is 11.5. The van der Waals surface area contributed by atoms with Crippen molar-refractivity contribution in [3.05, 3.63) is 60.2 Å². The average Bonchev–Trinajstić information content (AvgIpc) is 3.11. The molecular weight excluding hydrogens is 334 g/mol. The molecule has 0 saturated carbocycles. The molecule has 1 unspecified atom stereocenters. The van der Waals surface area contributed by atoms with E-state index in [1.807, 2.05) is 30.3 Å². The third-order valence-electron chi connectivity index (χ3n) is 3.47. The number of aromatic nitrogens is 3. The van der Waals surface area contributed by atoms with Crippen molar-refractivity contribution in [2.45, 2.75) is 17.3 Å². The maximum Gasteiger partial charge on any atom is 0.237 e. The lowest BCUT2D eigenvalue weighted by atomic mass is 10.2. The van der Waals surface area contributed by atoms with Crippen molar-refractivity contribution in [2.75, 3.05) is 5.32 Å². The van der Waals surface area contributed by atoms with Crippen molar-refractivity contribution in [2.24, 2.45) is 0 Å². The van der Waals surface area contributed by atoms with Crippen LogP contribution in [0.3, 0.4) is 0 Å². The first-order chi connectivity index (χ1) is 12.2. The molecule has 7 heteroatoms. The third-order valence-corrected chi connectivity index (χ3v) is 4.43. The summed E-state index contributed by atoms with van der Waals surface area (Å²) in [7, 11) is 0. The number of anilines is 1. The monoisotopic (exact) mass is 349 g/mol. The number of H-pyrrole nitrogens is 1. The van der Waals surface area contributed by atoms with Gasteiger partial charge in [-0.15, -0.1) is 5.10 Å². The summed E-state index contributed by atoms with van der Waals surface area (Å²) in [6, 6.07) is 18.6. The lowest BCUT2D eigenvalue weighted by Gasteiger charge is -2.11. The van der Waals surface area contributed by atoms with E-state index < -0.39 is 5.25 Å². The van der Waals surface area contributed by atoms with E-state index in [1.165, 1.54) is 11.8 Å². The van der Waals surface area contributed by atoms with Crippen molar-refractivity contribution in [3.63, 3.8) is 0 Å². The number of aromatic amines is 1. The van der Waals surface area contributed by atoms with Gasteiger partial charge in [0, 0.05) is 5.56 Å². The Hall–Kier alpha value is -3.11. The van der Waals surface area contributed by atoms with Gasteiger partial charge in [-0.05, 0) is 19.1 Å². The quantitative estimate of drug-likeness (QED) is 0.688. The first-order valence-corrected chi connectivity index (χ1v) is 8.50. The summed E-state index contributed by atoms with van der Waals surface area (Å²) in [4.78, 5) is 16.8. The Kier molecular flexibility index (Phi) is 5.11. The highest BCUT2D eigenvalue weighted by molar-refractivity contribution is 8.00. The minimum atomic E-state index is -0.411. The molecule has 0 aliphatic carbocycles. The number of nitrogens with one attached hydrogen (secondary N) is 2. The highest BCUT2D eigenvalue weighted by atomic mass is 32.2. The summed E-state index contributed by atoms with van der Waals surface area (Å²) in [6.07, 6.45) is 0. The van der Waals surface area contributed by atoms with Crippen molar-refractivity contribution in [1.29, 1.82) is 5.26 Å². The van der Waals surface area contributed by atoms with Gasteiger partial charge in [0.2, 0.25) is 11.1 Å². The SMILES string of the molecule is CC(Sc1n[nH]c(-c2ccccc2)n1)C(=O)Nc1ccccc1C#N. The number of nitriles is 1. The molecule has 1 amide bonds. The Bertz CT molecular complexity index is 916. The lowest BCUT2D eigenvalue weighted by Crippen LogP contribution is -2.23. The topological polar surface area (TPSA) is 94.5 Å². The van der Waals surface area contributed by atoms with Gasteiger partial charge in [0.1, 0.15) is 6.07 Å². The molecule has 0 spiro atoms. The second-order valence-electron chi connectivity index (χ2n) is 5.24. The van der Waals surface area contributed by atoms with Gasteiger partial charge >= 0.3 is 0 Å². The molecule has 2 aromatic carbocycles. The molecular formula is C18H15N5OS. The predicted molar refractivity (Wildman–Crippen MR) is 96.9 cm³/mol. The predicted octanol–water partition coefficient (Wildman–Crippen LogP) is 3.46. The maximum absolute atomic E-state index is 12.4. The number of rotatable bonds is 5. The Balaban J connectivity index is 1.66. The summed E-state index contributed by atoms with van der Waals surface area (Å²) in [6.45, 7) is 1.77. The molecule has 1 atom stereocenters. The molecule has 0 saturated heterocycles.